The first-order valence-corrected chi connectivity index (χ1v) is 10.5. The molecule has 1 amide bonds. The molecule has 0 spiro atoms. The van der Waals surface area contributed by atoms with Gasteiger partial charge < -0.3 is 14.4 Å². The molecule has 150 valence electrons. The molecule has 1 aliphatic heterocycles. The first-order valence-electron chi connectivity index (χ1n) is 9.68. The number of benzene rings is 2. The molecule has 1 atom stereocenters. The molecule has 3 aromatic rings. The number of carbonyl (C=O) groups is 1. The van der Waals surface area contributed by atoms with Crippen molar-refractivity contribution in [3.8, 4) is 22.1 Å². The van der Waals surface area contributed by atoms with Crippen molar-refractivity contribution in [1.29, 1.82) is 0 Å². The Hall–Kier alpha value is -2.86. The zero-order chi connectivity index (χ0) is 20.4. The third kappa shape index (κ3) is 3.72. The molecule has 4 rings (SSSR count). The number of amides is 1. The highest BCUT2D eigenvalue weighted by atomic mass is 32.1. The van der Waals surface area contributed by atoms with Crippen LogP contribution in [0, 0.1) is 6.92 Å². The van der Waals surface area contributed by atoms with Crippen LogP contribution < -0.4 is 9.47 Å². The van der Waals surface area contributed by atoms with Crippen LogP contribution in [0.5, 0.6) is 11.5 Å². The fourth-order valence-electron chi connectivity index (χ4n) is 3.86. The summed E-state index contributed by atoms with van der Waals surface area (Å²) in [5.74, 6) is 1.58. The summed E-state index contributed by atoms with van der Waals surface area (Å²) in [6.07, 6.45) is 1.86. The lowest BCUT2D eigenvalue weighted by atomic mass is 10.0. The highest BCUT2D eigenvalue weighted by Gasteiger charge is 2.34. The Balaban J connectivity index is 1.67. The molecule has 0 radical (unpaired) electrons. The minimum Gasteiger partial charge on any atom is -0.497 e. The third-order valence-electron chi connectivity index (χ3n) is 5.32. The third-order valence-corrected chi connectivity index (χ3v) is 6.52. The number of likely N-dealkylation sites (tertiary alicyclic amines) is 1. The van der Waals surface area contributed by atoms with Crippen molar-refractivity contribution in [1.82, 2.24) is 9.88 Å². The quantitative estimate of drug-likeness (QED) is 0.588. The van der Waals surface area contributed by atoms with Gasteiger partial charge in [-0.3, -0.25) is 4.79 Å². The number of hydrogen-bond acceptors (Lipinski definition) is 5. The van der Waals surface area contributed by atoms with Crippen LogP contribution in [-0.4, -0.2) is 36.6 Å². The van der Waals surface area contributed by atoms with Crippen molar-refractivity contribution >= 4 is 17.2 Å². The van der Waals surface area contributed by atoms with Gasteiger partial charge in [0.05, 0.1) is 26.0 Å². The van der Waals surface area contributed by atoms with Gasteiger partial charge in [-0.2, -0.15) is 0 Å². The van der Waals surface area contributed by atoms with Crippen molar-refractivity contribution in [2.24, 2.45) is 0 Å². The molecule has 1 saturated heterocycles. The average Bonchev–Trinajstić information content (AvgIpc) is 3.40. The predicted molar refractivity (Wildman–Crippen MR) is 115 cm³/mol. The van der Waals surface area contributed by atoms with Crippen molar-refractivity contribution in [2.45, 2.75) is 25.8 Å². The van der Waals surface area contributed by atoms with Gasteiger partial charge in [-0.1, -0.05) is 30.3 Å². The smallest absolute Gasteiger partial charge is 0.266 e. The standard InChI is InChI=1S/C23H24N2O3S/c1-15-21(29-22(24-15)16-8-5-4-6-9-16)23(26)25-13-7-10-19(25)18-14-17(27-2)11-12-20(18)28-3/h4-6,8-9,11-12,14,19H,7,10,13H2,1-3H3. The number of methoxy groups -OCH3 is 2. The van der Waals surface area contributed by atoms with E-state index in [0.717, 1.165) is 52.7 Å². The lowest BCUT2D eigenvalue weighted by molar-refractivity contribution is 0.0738. The van der Waals surface area contributed by atoms with Crippen molar-refractivity contribution in [3.63, 3.8) is 0 Å². The van der Waals surface area contributed by atoms with Crippen molar-refractivity contribution < 1.29 is 14.3 Å². The topological polar surface area (TPSA) is 51.7 Å². The Bertz CT molecular complexity index is 1020. The summed E-state index contributed by atoms with van der Waals surface area (Å²) in [5, 5.41) is 0.876. The second-order valence-electron chi connectivity index (χ2n) is 7.06. The van der Waals surface area contributed by atoms with Gasteiger partial charge in [0.15, 0.2) is 0 Å². The fourth-order valence-corrected chi connectivity index (χ4v) is 4.89. The number of carbonyl (C=O) groups excluding carboxylic acids is 1. The number of hydrogen-bond donors (Lipinski definition) is 0. The molecule has 1 aliphatic rings. The molecule has 29 heavy (non-hydrogen) atoms. The molecule has 2 aromatic carbocycles. The number of ether oxygens (including phenoxy) is 2. The van der Waals surface area contributed by atoms with Gasteiger partial charge in [0.2, 0.25) is 0 Å². The van der Waals surface area contributed by atoms with Crippen LogP contribution in [0.15, 0.2) is 48.5 Å². The summed E-state index contributed by atoms with van der Waals surface area (Å²) >= 11 is 1.46. The average molecular weight is 409 g/mol. The normalized spacial score (nSPS) is 16.1. The molecule has 6 heteroatoms. The van der Waals surface area contributed by atoms with Gasteiger partial charge in [0, 0.05) is 17.7 Å². The fraction of sp³-hybridized carbons (Fsp3) is 0.304. The lowest BCUT2D eigenvalue weighted by Gasteiger charge is -2.26. The molecule has 1 fully saturated rings. The summed E-state index contributed by atoms with van der Waals surface area (Å²) in [4.78, 5) is 20.8. The summed E-state index contributed by atoms with van der Waals surface area (Å²) < 4.78 is 11.0. The molecule has 5 nitrogen and oxygen atoms in total. The molecule has 0 aliphatic carbocycles. The van der Waals surface area contributed by atoms with Gasteiger partial charge in [0.25, 0.3) is 5.91 Å². The Morgan fingerprint density at radius 2 is 1.93 bits per heavy atom. The van der Waals surface area contributed by atoms with E-state index in [0.29, 0.717) is 4.88 Å². The van der Waals surface area contributed by atoms with E-state index in [1.807, 2.05) is 60.4 Å². The monoisotopic (exact) mass is 408 g/mol. The largest absolute Gasteiger partial charge is 0.497 e. The van der Waals surface area contributed by atoms with E-state index in [1.54, 1.807) is 14.2 Å². The number of nitrogens with zero attached hydrogens (tertiary/aromatic N) is 2. The first-order chi connectivity index (χ1) is 14.1. The minimum absolute atomic E-state index is 0.0331. The molecular formula is C23H24N2O3S. The van der Waals surface area contributed by atoms with E-state index in [4.69, 9.17) is 9.47 Å². The van der Waals surface area contributed by atoms with E-state index in [-0.39, 0.29) is 11.9 Å². The number of aromatic nitrogens is 1. The van der Waals surface area contributed by atoms with Crippen molar-refractivity contribution in [3.05, 3.63) is 64.7 Å². The van der Waals surface area contributed by atoms with Crippen LogP contribution in [0.25, 0.3) is 10.6 Å². The minimum atomic E-state index is -0.0331. The van der Waals surface area contributed by atoms with Crippen molar-refractivity contribution in [2.75, 3.05) is 20.8 Å². The highest BCUT2D eigenvalue weighted by Crippen LogP contribution is 2.40. The number of rotatable bonds is 5. The van der Waals surface area contributed by atoms with E-state index >= 15 is 0 Å². The first kappa shape index (κ1) is 19.5. The highest BCUT2D eigenvalue weighted by molar-refractivity contribution is 7.17. The van der Waals surface area contributed by atoms with Gasteiger partial charge in [0.1, 0.15) is 21.4 Å². The van der Waals surface area contributed by atoms with E-state index in [2.05, 4.69) is 4.98 Å². The van der Waals surface area contributed by atoms with E-state index in [1.165, 1.54) is 11.3 Å². The Labute approximate surface area is 174 Å². The summed E-state index contributed by atoms with van der Waals surface area (Å²) in [7, 11) is 3.31. The zero-order valence-electron chi connectivity index (χ0n) is 16.8. The van der Waals surface area contributed by atoms with Crippen LogP contribution in [0.4, 0.5) is 0 Å². The second kappa shape index (κ2) is 8.25. The van der Waals surface area contributed by atoms with Crippen LogP contribution in [0.2, 0.25) is 0 Å². The Kier molecular flexibility index (Phi) is 5.53. The van der Waals surface area contributed by atoms with E-state index < -0.39 is 0 Å². The predicted octanol–water partition coefficient (Wildman–Crippen LogP) is 5.11. The summed E-state index contributed by atoms with van der Waals surface area (Å²) in [6.45, 7) is 2.63. The molecule has 0 bridgehead atoms. The molecule has 1 unspecified atom stereocenters. The Morgan fingerprint density at radius 1 is 1.14 bits per heavy atom. The molecular weight excluding hydrogens is 384 g/mol. The second-order valence-corrected chi connectivity index (χ2v) is 8.06. The number of aryl methyl sites for hydroxylation is 1. The molecule has 0 saturated carbocycles. The summed E-state index contributed by atoms with van der Waals surface area (Å²) in [6, 6.07) is 15.7. The maximum absolute atomic E-state index is 13.5. The Morgan fingerprint density at radius 3 is 2.66 bits per heavy atom. The molecule has 0 N–H and O–H groups in total. The summed E-state index contributed by atoms with van der Waals surface area (Å²) in [5.41, 5.74) is 2.80. The zero-order valence-corrected chi connectivity index (χ0v) is 17.7. The van der Waals surface area contributed by atoms with Crippen LogP contribution in [0.1, 0.15) is 39.8 Å². The van der Waals surface area contributed by atoms with Crippen LogP contribution in [0.3, 0.4) is 0 Å². The maximum atomic E-state index is 13.5. The lowest BCUT2D eigenvalue weighted by Crippen LogP contribution is -2.30. The van der Waals surface area contributed by atoms with Crippen LogP contribution in [-0.2, 0) is 0 Å². The number of thiazole rings is 1. The molecule has 2 heterocycles. The molecule has 1 aromatic heterocycles. The van der Waals surface area contributed by atoms with Gasteiger partial charge >= 0.3 is 0 Å². The van der Waals surface area contributed by atoms with Gasteiger partial charge in [-0.05, 0) is 38.0 Å². The SMILES string of the molecule is COc1ccc(OC)c(C2CCCN2C(=O)c2sc(-c3ccccc3)nc2C)c1. The van der Waals surface area contributed by atoms with E-state index in [9.17, 15) is 4.79 Å². The van der Waals surface area contributed by atoms with Crippen LogP contribution >= 0.6 is 11.3 Å². The van der Waals surface area contributed by atoms with Gasteiger partial charge in [-0.15, -0.1) is 11.3 Å². The van der Waals surface area contributed by atoms with Gasteiger partial charge in [-0.25, -0.2) is 4.98 Å². The maximum Gasteiger partial charge on any atom is 0.266 e.